The van der Waals surface area contributed by atoms with E-state index in [4.69, 9.17) is 14.4 Å². The van der Waals surface area contributed by atoms with Crippen molar-refractivity contribution in [2.75, 3.05) is 0 Å². The number of benzene rings is 1. The molecule has 0 radical (unpaired) electrons. The van der Waals surface area contributed by atoms with Crippen LogP contribution in [0.4, 0.5) is 13.2 Å². The Kier molecular flexibility index (Phi) is 4.31. The van der Waals surface area contributed by atoms with E-state index in [0.717, 1.165) is 12.1 Å². The molecule has 0 aliphatic heterocycles. The van der Waals surface area contributed by atoms with Gasteiger partial charge in [-0.05, 0) is 24.5 Å². The predicted octanol–water partition coefficient (Wildman–Crippen LogP) is 1.55. The fourth-order valence-corrected chi connectivity index (χ4v) is 2.08. The van der Waals surface area contributed by atoms with Gasteiger partial charge in [-0.3, -0.25) is 0 Å². The molecule has 0 aliphatic rings. The van der Waals surface area contributed by atoms with Gasteiger partial charge < -0.3 is 14.4 Å². The SMILES string of the molecule is O[Si](O)(O)CCCc1cccc(C(F)(F)F)c1. The van der Waals surface area contributed by atoms with Gasteiger partial charge in [-0.1, -0.05) is 18.2 Å². The third kappa shape index (κ3) is 5.31. The van der Waals surface area contributed by atoms with Crippen molar-refractivity contribution >= 4 is 8.80 Å². The smallest absolute Gasteiger partial charge is 0.390 e. The lowest BCUT2D eigenvalue weighted by molar-refractivity contribution is -0.137. The molecule has 0 amide bonds. The molecule has 0 aliphatic carbocycles. The third-order valence-electron chi connectivity index (χ3n) is 2.23. The summed E-state index contributed by atoms with van der Waals surface area (Å²) in [6, 6.07) is 4.66. The highest BCUT2D eigenvalue weighted by Gasteiger charge is 2.30. The Hall–Kier alpha value is -0.893. The van der Waals surface area contributed by atoms with E-state index in [2.05, 4.69) is 0 Å². The van der Waals surface area contributed by atoms with Crippen LogP contribution in [0, 0.1) is 0 Å². The average Bonchev–Trinajstić information content (AvgIpc) is 2.15. The Morgan fingerprint density at radius 2 is 1.76 bits per heavy atom. The second-order valence-electron chi connectivity index (χ2n) is 3.83. The van der Waals surface area contributed by atoms with E-state index in [-0.39, 0.29) is 18.9 Å². The van der Waals surface area contributed by atoms with E-state index in [9.17, 15) is 13.2 Å². The average molecular weight is 266 g/mol. The van der Waals surface area contributed by atoms with E-state index in [1.165, 1.54) is 12.1 Å². The first-order valence-electron chi connectivity index (χ1n) is 5.02. The maximum absolute atomic E-state index is 12.4. The molecular formula is C10H13F3O3Si. The molecule has 0 aromatic heterocycles. The maximum atomic E-state index is 12.4. The van der Waals surface area contributed by atoms with Crippen molar-refractivity contribution in [2.45, 2.75) is 25.1 Å². The Balaban J connectivity index is 2.61. The van der Waals surface area contributed by atoms with Gasteiger partial charge >= 0.3 is 15.0 Å². The standard InChI is InChI=1S/C10H13F3O3Si/c11-10(12,13)9-5-1-3-8(7-9)4-2-6-17(14,15)16/h1,3,5,7,14-16H,2,4,6H2. The van der Waals surface area contributed by atoms with Gasteiger partial charge in [-0.15, -0.1) is 0 Å². The second kappa shape index (κ2) is 5.17. The summed E-state index contributed by atoms with van der Waals surface area (Å²) in [7, 11) is -4.08. The minimum absolute atomic E-state index is 0.177. The van der Waals surface area contributed by atoms with Crippen molar-refractivity contribution in [3.8, 4) is 0 Å². The number of alkyl halides is 3. The van der Waals surface area contributed by atoms with Crippen LogP contribution in [0.5, 0.6) is 0 Å². The van der Waals surface area contributed by atoms with Crippen molar-refractivity contribution in [3.63, 3.8) is 0 Å². The van der Waals surface area contributed by atoms with Gasteiger partial charge in [0, 0.05) is 6.04 Å². The summed E-state index contributed by atoms with van der Waals surface area (Å²) < 4.78 is 37.1. The van der Waals surface area contributed by atoms with Crippen LogP contribution in [0.3, 0.4) is 0 Å². The zero-order chi connectivity index (χ0) is 13.1. The molecule has 3 N–H and O–H groups in total. The van der Waals surface area contributed by atoms with Crippen LogP contribution < -0.4 is 0 Å². The molecule has 1 rings (SSSR count). The van der Waals surface area contributed by atoms with Gasteiger partial charge in [0.05, 0.1) is 5.56 Å². The molecule has 0 atom stereocenters. The van der Waals surface area contributed by atoms with Crippen LogP contribution in [0.1, 0.15) is 17.5 Å². The molecule has 0 unspecified atom stereocenters. The fraction of sp³-hybridized carbons (Fsp3) is 0.400. The Labute approximate surface area is 97.5 Å². The fourth-order valence-electron chi connectivity index (χ4n) is 1.43. The van der Waals surface area contributed by atoms with Crippen molar-refractivity contribution in [3.05, 3.63) is 35.4 Å². The lowest BCUT2D eigenvalue weighted by atomic mass is 10.1. The molecular weight excluding hydrogens is 253 g/mol. The molecule has 1 aromatic rings. The van der Waals surface area contributed by atoms with Gasteiger partial charge in [0.25, 0.3) is 0 Å². The van der Waals surface area contributed by atoms with Crippen molar-refractivity contribution < 1.29 is 27.6 Å². The van der Waals surface area contributed by atoms with Crippen LogP contribution in [0.15, 0.2) is 24.3 Å². The molecule has 17 heavy (non-hydrogen) atoms. The van der Waals surface area contributed by atoms with E-state index in [1.54, 1.807) is 0 Å². The number of hydrogen-bond acceptors (Lipinski definition) is 3. The van der Waals surface area contributed by atoms with Gasteiger partial charge in [0.15, 0.2) is 0 Å². The molecule has 0 spiro atoms. The lowest BCUT2D eigenvalue weighted by Crippen LogP contribution is -2.34. The summed E-state index contributed by atoms with van der Waals surface area (Å²) in [6.45, 7) is 0. The van der Waals surface area contributed by atoms with E-state index >= 15 is 0 Å². The van der Waals surface area contributed by atoms with Gasteiger partial charge in [-0.25, -0.2) is 0 Å². The minimum Gasteiger partial charge on any atom is -0.390 e. The normalized spacial score (nSPS) is 12.8. The van der Waals surface area contributed by atoms with Crippen molar-refractivity contribution in [2.24, 2.45) is 0 Å². The number of hydrogen-bond donors (Lipinski definition) is 3. The molecule has 96 valence electrons. The van der Waals surface area contributed by atoms with Crippen LogP contribution in [0.2, 0.25) is 6.04 Å². The summed E-state index contributed by atoms with van der Waals surface area (Å²) >= 11 is 0. The summed E-state index contributed by atoms with van der Waals surface area (Å²) in [5, 5.41) is 0. The summed E-state index contributed by atoms with van der Waals surface area (Å²) in [5.74, 6) is 0. The summed E-state index contributed by atoms with van der Waals surface area (Å²) in [4.78, 5) is 26.2. The minimum atomic E-state index is -4.38. The van der Waals surface area contributed by atoms with Crippen molar-refractivity contribution in [1.29, 1.82) is 0 Å². The van der Waals surface area contributed by atoms with Gasteiger partial charge in [-0.2, -0.15) is 13.2 Å². The topological polar surface area (TPSA) is 60.7 Å². The first-order valence-corrected chi connectivity index (χ1v) is 7.06. The van der Waals surface area contributed by atoms with Crippen LogP contribution >= 0.6 is 0 Å². The van der Waals surface area contributed by atoms with E-state index in [1.807, 2.05) is 0 Å². The molecule has 1 aromatic carbocycles. The molecule has 0 bridgehead atoms. The van der Waals surface area contributed by atoms with Crippen LogP contribution in [0.25, 0.3) is 0 Å². The molecule has 0 saturated carbocycles. The van der Waals surface area contributed by atoms with Crippen molar-refractivity contribution in [1.82, 2.24) is 0 Å². The molecule has 0 saturated heterocycles. The monoisotopic (exact) mass is 266 g/mol. The molecule has 7 heteroatoms. The highest BCUT2D eigenvalue weighted by Crippen LogP contribution is 2.29. The Morgan fingerprint density at radius 1 is 1.12 bits per heavy atom. The molecule has 3 nitrogen and oxygen atoms in total. The zero-order valence-electron chi connectivity index (χ0n) is 8.91. The van der Waals surface area contributed by atoms with Crippen LogP contribution in [-0.4, -0.2) is 23.2 Å². The Morgan fingerprint density at radius 3 is 2.29 bits per heavy atom. The largest absolute Gasteiger partial charge is 0.492 e. The zero-order valence-corrected chi connectivity index (χ0v) is 9.91. The lowest BCUT2D eigenvalue weighted by Gasteiger charge is -2.10. The number of rotatable bonds is 4. The predicted molar refractivity (Wildman–Crippen MR) is 57.0 cm³/mol. The highest BCUT2D eigenvalue weighted by atomic mass is 28.4. The van der Waals surface area contributed by atoms with Crippen LogP contribution in [-0.2, 0) is 12.6 Å². The maximum Gasteiger partial charge on any atom is 0.492 e. The Bertz CT molecular complexity index is 374. The van der Waals surface area contributed by atoms with Gasteiger partial charge in [0.1, 0.15) is 0 Å². The third-order valence-corrected chi connectivity index (χ3v) is 3.26. The molecule has 0 fully saturated rings. The number of aryl methyl sites for hydroxylation is 1. The van der Waals surface area contributed by atoms with Gasteiger partial charge in [0.2, 0.25) is 0 Å². The molecule has 0 heterocycles. The first-order chi connectivity index (χ1) is 7.68. The quantitative estimate of drug-likeness (QED) is 0.725. The second-order valence-corrected chi connectivity index (χ2v) is 5.87. The first kappa shape index (κ1) is 14.2. The highest BCUT2D eigenvalue weighted by molar-refractivity contribution is 6.56. The number of halogens is 3. The van der Waals surface area contributed by atoms with E-state index in [0.29, 0.717) is 5.56 Å². The summed E-state index contributed by atoms with van der Waals surface area (Å²) in [5.41, 5.74) is -0.270. The van der Waals surface area contributed by atoms with E-state index < -0.39 is 20.5 Å². The summed E-state index contributed by atoms with van der Waals surface area (Å²) in [6.07, 6.45) is -3.88.